The van der Waals surface area contributed by atoms with E-state index in [1.807, 2.05) is 0 Å². The van der Waals surface area contributed by atoms with Gasteiger partial charge in [-0.1, -0.05) is 12.1 Å². The molecule has 0 radical (unpaired) electrons. The number of alkyl halides is 3. The quantitative estimate of drug-likeness (QED) is 0.805. The molecule has 0 spiro atoms. The van der Waals surface area contributed by atoms with E-state index in [4.69, 9.17) is 4.74 Å². The number of hydrogen-bond acceptors (Lipinski definition) is 3. The SMILES string of the molecule is O=Cc1ccc(OCc2cccc(C(F)(F)F)c2)nc1. The average Bonchev–Trinajstić information content (AvgIpc) is 2.45. The highest BCUT2D eigenvalue weighted by Gasteiger charge is 2.30. The van der Waals surface area contributed by atoms with Crippen molar-refractivity contribution in [2.24, 2.45) is 0 Å². The maximum atomic E-state index is 12.5. The van der Waals surface area contributed by atoms with Gasteiger partial charge in [-0.3, -0.25) is 4.79 Å². The van der Waals surface area contributed by atoms with E-state index in [1.54, 1.807) is 0 Å². The van der Waals surface area contributed by atoms with Crippen LogP contribution in [0.25, 0.3) is 0 Å². The number of hydrogen-bond donors (Lipinski definition) is 0. The summed E-state index contributed by atoms with van der Waals surface area (Å²) in [5.74, 6) is 0.244. The summed E-state index contributed by atoms with van der Waals surface area (Å²) < 4.78 is 42.8. The average molecular weight is 281 g/mol. The number of aldehydes is 1. The molecule has 0 saturated carbocycles. The van der Waals surface area contributed by atoms with Crippen molar-refractivity contribution in [2.75, 3.05) is 0 Å². The number of halogens is 3. The first-order chi connectivity index (χ1) is 9.49. The molecule has 1 heterocycles. The van der Waals surface area contributed by atoms with Crippen LogP contribution in [0.4, 0.5) is 13.2 Å². The topological polar surface area (TPSA) is 39.2 Å². The van der Waals surface area contributed by atoms with E-state index in [2.05, 4.69) is 4.98 Å². The molecule has 0 bridgehead atoms. The van der Waals surface area contributed by atoms with Crippen LogP contribution in [0.5, 0.6) is 5.88 Å². The van der Waals surface area contributed by atoms with E-state index in [0.29, 0.717) is 17.4 Å². The molecule has 1 aromatic heterocycles. The number of benzene rings is 1. The molecule has 0 N–H and O–H groups in total. The second kappa shape index (κ2) is 5.73. The minimum Gasteiger partial charge on any atom is -0.473 e. The Kier molecular flexibility index (Phi) is 4.02. The Morgan fingerprint density at radius 3 is 2.60 bits per heavy atom. The summed E-state index contributed by atoms with van der Waals surface area (Å²) in [6.45, 7) is -0.0304. The largest absolute Gasteiger partial charge is 0.473 e. The van der Waals surface area contributed by atoms with Crippen LogP contribution >= 0.6 is 0 Å². The lowest BCUT2D eigenvalue weighted by Crippen LogP contribution is -2.06. The number of nitrogens with zero attached hydrogens (tertiary/aromatic N) is 1. The monoisotopic (exact) mass is 281 g/mol. The minimum absolute atomic E-state index is 0.0304. The molecule has 0 amide bonds. The van der Waals surface area contributed by atoms with Gasteiger partial charge in [-0.2, -0.15) is 13.2 Å². The Balaban J connectivity index is 2.05. The molecule has 0 saturated heterocycles. The van der Waals surface area contributed by atoms with Gasteiger partial charge in [0.2, 0.25) is 5.88 Å². The van der Waals surface area contributed by atoms with Crippen LogP contribution in [0.3, 0.4) is 0 Å². The van der Waals surface area contributed by atoms with Crippen molar-refractivity contribution in [3.05, 3.63) is 59.3 Å². The predicted octanol–water partition coefficient (Wildman–Crippen LogP) is 3.49. The molecule has 0 aliphatic carbocycles. The third-order valence-corrected chi connectivity index (χ3v) is 2.54. The summed E-state index contributed by atoms with van der Waals surface area (Å²) in [7, 11) is 0. The van der Waals surface area contributed by atoms with Gasteiger partial charge in [-0.15, -0.1) is 0 Å². The van der Waals surface area contributed by atoms with Crippen molar-refractivity contribution in [2.45, 2.75) is 12.8 Å². The number of rotatable bonds is 4. The third kappa shape index (κ3) is 3.57. The van der Waals surface area contributed by atoms with Gasteiger partial charge in [-0.05, 0) is 23.8 Å². The van der Waals surface area contributed by atoms with E-state index in [-0.39, 0.29) is 12.5 Å². The summed E-state index contributed by atoms with van der Waals surface area (Å²) in [4.78, 5) is 14.3. The normalized spacial score (nSPS) is 11.2. The predicted molar refractivity (Wildman–Crippen MR) is 65.4 cm³/mol. The Bertz CT molecular complexity index is 594. The van der Waals surface area contributed by atoms with Crippen LogP contribution in [0.1, 0.15) is 21.5 Å². The van der Waals surface area contributed by atoms with E-state index >= 15 is 0 Å². The Morgan fingerprint density at radius 2 is 2.00 bits per heavy atom. The number of aromatic nitrogens is 1. The second-order valence-corrected chi connectivity index (χ2v) is 4.03. The molecule has 0 aliphatic heterocycles. The van der Waals surface area contributed by atoms with Gasteiger partial charge in [0.1, 0.15) is 6.61 Å². The number of carbonyl (C=O) groups excluding carboxylic acids is 1. The Morgan fingerprint density at radius 1 is 1.20 bits per heavy atom. The minimum atomic E-state index is -4.38. The lowest BCUT2D eigenvalue weighted by atomic mass is 10.1. The maximum Gasteiger partial charge on any atom is 0.416 e. The molecule has 1 aromatic carbocycles. The van der Waals surface area contributed by atoms with Gasteiger partial charge in [0.25, 0.3) is 0 Å². The lowest BCUT2D eigenvalue weighted by molar-refractivity contribution is -0.137. The standard InChI is InChI=1S/C14H10F3NO2/c15-14(16,17)12-3-1-2-10(6-12)9-20-13-5-4-11(8-19)7-18-13/h1-8H,9H2. The molecular weight excluding hydrogens is 271 g/mol. The fraction of sp³-hybridized carbons (Fsp3) is 0.143. The van der Waals surface area contributed by atoms with Crippen molar-refractivity contribution in [3.63, 3.8) is 0 Å². The summed E-state index contributed by atoms with van der Waals surface area (Å²) in [5.41, 5.74) is 0.0698. The highest BCUT2D eigenvalue weighted by molar-refractivity contribution is 5.73. The van der Waals surface area contributed by atoms with Gasteiger partial charge in [0.05, 0.1) is 5.56 Å². The van der Waals surface area contributed by atoms with Crippen molar-refractivity contribution in [1.29, 1.82) is 0 Å². The molecule has 20 heavy (non-hydrogen) atoms. The molecule has 3 nitrogen and oxygen atoms in total. The molecule has 6 heteroatoms. The molecule has 0 atom stereocenters. The van der Waals surface area contributed by atoms with Crippen molar-refractivity contribution in [1.82, 2.24) is 4.98 Å². The van der Waals surface area contributed by atoms with Gasteiger partial charge in [0, 0.05) is 17.8 Å². The van der Waals surface area contributed by atoms with Crippen LogP contribution < -0.4 is 4.74 Å². The Hall–Kier alpha value is -2.37. The zero-order valence-electron chi connectivity index (χ0n) is 10.2. The highest BCUT2D eigenvalue weighted by Crippen LogP contribution is 2.29. The van der Waals surface area contributed by atoms with Crippen molar-refractivity contribution < 1.29 is 22.7 Å². The van der Waals surface area contributed by atoms with Crippen LogP contribution in [0.2, 0.25) is 0 Å². The fourth-order valence-electron chi connectivity index (χ4n) is 1.54. The van der Waals surface area contributed by atoms with Gasteiger partial charge >= 0.3 is 6.18 Å². The molecule has 0 fully saturated rings. The maximum absolute atomic E-state index is 12.5. The zero-order chi connectivity index (χ0) is 14.6. The van der Waals surface area contributed by atoms with Crippen LogP contribution in [-0.2, 0) is 12.8 Å². The summed E-state index contributed by atoms with van der Waals surface area (Å²) in [6, 6.07) is 7.89. The molecule has 0 unspecified atom stereocenters. The van der Waals surface area contributed by atoms with E-state index in [0.717, 1.165) is 12.1 Å². The summed E-state index contributed by atoms with van der Waals surface area (Å²) in [5, 5.41) is 0. The Labute approximate surface area is 113 Å². The molecule has 104 valence electrons. The van der Waals surface area contributed by atoms with E-state index in [9.17, 15) is 18.0 Å². The summed E-state index contributed by atoms with van der Waals surface area (Å²) >= 11 is 0. The first-order valence-electron chi connectivity index (χ1n) is 5.69. The first kappa shape index (κ1) is 14.0. The fourth-order valence-corrected chi connectivity index (χ4v) is 1.54. The van der Waals surface area contributed by atoms with Crippen molar-refractivity contribution in [3.8, 4) is 5.88 Å². The first-order valence-corrected chi connectivity index (χ1v) is 5.69. The van der Waals surface area contributed by atoms with Crippen LogP contribution in [0.15, 0.2) is 42.6 Å². The van der Waals surface area contributed by atoms with E-state index in [1.165, 1.54) is 30.5 Å². The number of carbonyl (C=O) groups is 1. The van der Waals surface area contributed by atoms with Crippen LogP contribution in [-0.4, -0.2) is 11.3 Å². The molecule has 0 aliphatic rings. The summed E-state index contributed by atoms with van der Waals surface area (Å²) in [6.07, 6.45) is -2.40. The van der Waals surface area contributed by atoms with Crippen LogP contribution in [0, 0.1) is 0 Å². The second-order valence-electron chi connectivity index (χ2n) is 4.03. The number of ether oxygens (including phenoxy) is 1. The van der Waals surface area contributed by atoms with Gasteiger partial charge in [0.15, 0.2) is 6.29 Å². The number of pyridine rings is 1. The van der Waals surface area contributed by atoms with E-state index < -0.39 is 11.7 Å². The molecular formula is C14H10F3NO2. The highest BCUT2D eigenvalue weighted by atomic mass is 19.4. The lowest BCUT2D eigenvalue weighted by Gasteiger charge is -2.09. The van der Waals surface area contributed by atoms with Crippen molar-refractivity contribution >= 4 is 6.29 Å². The van der Waals surface area contributed by atoms with Gasteiger partial charge < -0.3 is 4.74 Å². The molecule has 2 rings (SSSR count). The molecule has 2 aromatic rings. The zero-order valence-corrected chi connectivity index (χ0v) is 10.2. The van der Waals surface area contributed by atoms with Gasteiger partial charge in [-0.25, -0.2) is 4.98 Å². The smallest absolute Gasteiger partial charge is 0.416 e. The third-order valence-electron chi connectivity index (χ3n) is 2.54.